The number of ether oxygens (including phenoxy) is 2. The molecule has 1 aliphatic carbocycles. The maximum atomic E-state index is 10.7. The minimum absolute atomic E-state index is 0.212. The van der Waals surface area contributed by atoms with Gasteiger partial charge in [0.15, 0.2) is 0 Å². The van der Waals surface area contributed by atoms with Crippen LogP contribution in [-0.2, 0) is 11.2 Å². The third-order valence-corrected chi connectivity index (χ3v) is 4.26. The van der Waals surface area contributed by atoms with Crippen LogP contribution in [0.25, 0.3) is 0 Å². The van der Waals surface area contributed by atoms with Gasteiger partial charge in [0.25, 0.3) is 0 Å². The van der Waals surface area contributed by atoms with Crippen molar-refractivity contribution in [2.75, 3.05) is 33.4 Å². The Morgan fingerprint density at radius 1 is 1.32 bits per heavy atom. The molecule has 0 amide bonds. The van der Waals surface area contributed by atoms with E-state index in [0.29, 0.717) is 0 Å². The summed E-state index contributed by atoms with van der Waals surface area (Å²) < 4.78 is 10.7. The Morgan fingerprint density at radius 2 is 2.11 bits per heavy atom. The molecule has 4 heteroatoms. The van der Waals surface area contributed by atoms with Gasteiger partial charge in [0.2, 0.25) is 0 Å². The van der Waals surface area contributed by atoms with Crippen molar-refractivity contribution >= 4 is 0 Å². The lowest BCUT2D eigenvalue weighted by atomic mass is 9.84. The van der Waals surface area contributed by atoms with Crippen LogP contribution in [-0.4, -0.2) is 49.5 Å². The van der Waals surface area contributed by atoms with Gasteiger partial charge in [-0.25, -0.2) is 0 Å². The highest BCUT2D eigenvalue weighted by Gasteiger charge is 2.33. The smallest absolute Gasteiger partial charge is 0.119 e. The average molecular weight is 263 g/mol. The summed E-state index contributed by atoms with van der Waals surface area (Å²) in [7, 11) is 1.66. The van der Waals surface area contributed by atoms with Gasteiger partial charge in [-0.15, -0.1) is 0 Å². The monoisotopic (exact) mass is 263 g/mol. The lowest BCUT2D eigenvalue weighted by Crippen LogP contribution is -2.47. The van der Waals surface area contributed by atoms with E-state index in [4.69, 9.17) is 9.47 Å². The van der Waals surface area contributed by atoms with Gasteiger partial charge in [0.1, 0.15) is 5.75 Å². The number of rotatable bonds is 2. The van der Waals surface area contributed by atoms with Crippen LogP contribution in [0.15, 0.2) is 18.2 Å². The maximum absolute atomic E-state index is 10.7. The van der Waals surface area contributed by atoms with Crippen molar-refractivity contribution < 1.29 is 14.6 Å². The second-order valence-electron chi connectivity index (χ2n) is 5.26. The van der Waals surface area contributed by atoms with E-state index in [1.54, 1.807) is 7.11 Å². The van der Waals surface area contributed by atoms with Crippen molar-refractivity contribution in [2.24, 2.45) is 0 Å². The van der Waals surface area contributed by atoms with Gasteiger partial charge >= 0.3 is 0 Å². The number of benzene rings is 1. The van der Waals surface area contributed by atoms with Crippen LogP contribution in [0.1, 0.15) is 23.7 Å². The van der Waals surface area contributed by atoms with Crippen molar-refractivity contribution in [3.05, 3.63) is 29.3 Å². The molecule has 19 heavy (non-hydrogen) atoms. The molecule has 0 spiro atoms. The highest BCUT2D eigenvalue weighted by atomic mass is 16.5. The second-order valence-corrected chi connectivity index (χ2v) is 5.26. The molecule has 3 rings (SSSR count). The van der Waals surface area contributed by atoms with Crippen molar-refractivity contribution in [2.45, 2.75) is 25.0 Å². The molecule has 1 fully saturated rings. The number of aliphatic hydroxyl groups excluding tert-OH is 1. The van der Waals surface area contributed by atoms with Crippen LogP contribution in [0, 0.1) is 0 Å². The predicted molar refractivity (Wildman–Crippen MR) is 72.5 cm³/mol. The first-order chi connectivity index (χ1) is 9.29. The number of fused-ring (bicyclic) bond motifs is 1. The zero-order valence-electron chi connectivity index (χ0n) is 11.3. The molecule has 104 valence electrons. The largest absolute Gasteiger partial charge is 0.497 e. The molecule has 0 radical (unpaired) electrons. The van der Waals surface area contributed by atoms with Gasteiger partial charge in [0, 0.05) is 19.1 Å². The van der Waals surface area contributed by atoms with Gasteiger partial charge in [0.05, 0.1) is 26.4 Å². The summed E-state index contributed by atoms with van der Waals surface area (Å²) in [5.74, 6) is 0.820. The number of aryl methyl sites for hydroxylation is 1. The van der Waals surface area contributed by atoms with Gasteiger partial charge < -0.3 is 14.6 Å². The number of nitrogens with zero attached hydrogens (tertiary/aromatic N) is 1. The topological polar surface area (TPSA) is 41.9 Å². The average Bonchev–Trinajstić information content (AvgIpc) is 2.48. The Labute approximate surface area is 113 Å². The molecule has 1 heterocycles. The summed E-state index contributed by atoms with van der Waals surface area (Å²) in [6.07, 6.45) is 1.62. The fourth-order valence-corrected chi connectivity index (χ4v) is 3.16. The molecule has 2 unspecified atom stereocenters. The third kappa shape index (κ3) is 2.48. The van der Waals surface area contributed by atoms with Gasteiger partial charge in [-0.1, -0.05) is 6.07 Å². The number of hydrogen-bond donors (Lipinski definition) is 1. The molecule has 4 nitrogen and oxygen atoms in total. The Kier molecular flexibility index (Phi) is 3.73. The molecular weight excluding hydrogens is 242 g/mol. The fraction of sp³-hybridized carbons (Fsp3) is 0.600. The van der Waals surface area contributed by atoms with Crippen molar-refractivity contribution in [1.82, 2.24) is 4.90 Å². The van der Waals surface area contributed by atoms with E-state index in [9.17, 15) is 5.11 Å². The normalized spacial score (nSPS) is 27.9. The Morgan fingerprint density at radius 3 is 2.84 bits per heavy atom. The second kappa shape index (κ2) is 5.49. The van der Waals surface area contributed by atoms with E-state index in [1.165, 1.54) is 5.56 Å². The predicted octanol–water partition coefficient (Wildman–Crippen LogP) is 1.38. The number of morpholine rings is 1. The van der Waals surface area contributed by atoms with Crippen molar-refractivity contribution in [1.29, 1.82) is 0 Å². The molecule has 0 saturated carbocycles. The maximum Gasteiger partial charge on any atom is 0.119 e. The summed E-state index contributed by atoms with van der Waals surface area (Å²) in [6.45, 7) is 3.38. The molecule has 1 saturated heterocycles. The van der Waals surface area contributed by atoms with E-state index < -0.39 is 6.10 Å². The van der Waals surface area contributed by atoms with Gasteiger partial charge in [-0.2, -0.15) is 0 Å². The Hall–Kier alpha value is -1.10. The highest BCUT2D eigenvalue weighted by molar-refractivity contribution is 5.39. The standard InChI is InChI=1S/C15H21NO3/c1-18-12-4-2-11-3-5-14(15(17)13(11)10-12)16-6-8-19-9-7-16/h2,4,10,14-15,17H,3,5-9H2,1H3. The lowest BCUT2D eigenvalue weighted by molar-refractivity contribution is -0.0286. The van der Waals surface area contributed by atoms with Crippen LogP contribution in [0.3, 0.4) is 0 Å². The van der Waals surface area contributed by atoms with Crippen molar-refractivity contribution in [3.63, 3.8) is 0 Å². The summed E-state index contributed by atoms with van der Waals surface area (Å²) in [5, 5.41) is 10.7. The molecular formula is C15H21NO3. The molecule has 1 aliphatic heterocycles. The first kappa shape index (κ1) is 12.9. The van der Waals surface area contributed by atoms with Crippen LogP contribution in [0.2, 0.25) is 0 Å². The summed E-state index contributed by atoms with van der Waals surface area (Å²) in [6, 6.07) is 6.24. The summed E-state index contributed by atoms with van der Waals surface area (Å²) in [4.78, 5) is 2.36. The zero-order valence-corrected chi connectivity index (χ0v) is 11.3. The molecule has 0 aromatic heterocycles. The molecule has 1 aromatic rings. The number of hydrogen-bond acceptors (Lipinski definition) is 4. The van der Waals surface area contributed by atoms with Crippen LogP contribution >= 0.6 is 0 Å². The Bertz CT molecular complexity index is 443. The molecule has 0 bridgehead atoms. The molecule has 1 N–H and O–H groups in total. The van der Waals surface area contributed by atoms with E-state index in [2.05, 4.69) is 11.0 Å². The highest BCUT2D eigenvalue weighted by Crippen LogP contribution is 2.35. The van der Waals surface area contributed by atoms with E-state index in [0.717, 1.165) is 50.5 Å². The minimum atomic E-state index is -0.419. The first-order valence-electron chi connectivity index (χ1n) is 6.96. The SMILES string of the molecule is COc1ccc2c(c1)C(O)C(N1CCOCC1)CC2. The van der Waals surface area contributed by atoms with Crippen LogP contribution < -0.4 is 4.74 Å². The zero-order chi connectivity index (χ0) is 13.2. The molecule has 2 aliphatic rings. The summed E-state index contributed by atoms with van der Waals surface area (Å²) >= 11 is 0. The number of aliphatic hydroxyl groups is 1. The Balaban J connectivity index is 1.83. The van der Waals surface area contributed by atoms with Crippen LogP contribution in [0.5, 0.6) is 5.75 Å². The minimum Gasteiger partial charge on any atom is -0.497 e. The van der Waals surface area contributed by atoms with E-state index in [-0.39, 0.29) is 6.04 Å². The molecule has 1 aromatic carbocycles. The van der Waals surface area contributed by atoms with Gasteiger partial charge in [-0.05, 0) is 36.1 Å². The first-order valence-corrected chi connectivity index (χ1v) is 6.96. The lowest BCUT2D eigenvalue weighted by Gasteiger charge is -2.40. The fourth-order valence-electron chi connectivity index (χ4n) is 3.16. The quantitative estimate of drug-likeness (QED) is 0.875. The van der Waals surface area contributed by atoms with E-state index >= 15 is 0 Å². The molecule has 2 atom stereocenters. The number of methoxy groups -OCH3 is 1. The van der Waals surface area contributed by atoms with Crippen LogP contribution in [0.4, 0.5) is 0 Å². The summed E-state index contributed by atoms with van der Waals surface area (Å²) in [5.41, 5.74) is 2.28. The van der Waals surface area contributed by atoms with E-state index in [1.807, 2.05) is 12.1 Å². The third-order valence-electron chi connectivity index (χ3n) is 4.26. The van der Waals surface area contributed by atoms with Gasteiger partial charge in [-0.3, -0.25) is 4.90 Å². The van der Waals surface area contributed by atoms with Crippen molar-refractivity contribution in [3.8, 4) is 5.75 Å².